The molecule has 0 unspecified atom stereocenters. The van der Waals surface area contributed by atoms with Crippen LogP contribution in [0, 0.1) is 5.82 Å². The first-order valence-corrected chi connectivity index (χ1v) is 11.4. The van der Waals surface area contributed by atoms with Crippen LogP contribution >= 0.6 is 11.8 Å². The number of carbonyl (C=O) groups is 2. The van der Waals surface area contributed by atoms with Gasteiger partial charge < -0.3 is 15.5 Å². The largest absolute Gasteiger partial charge is 0.351 e. The number of nitrogens with one attached hydrogen (secondary N) is 2. The minimum absolute atomic E-state index is 0.164. The molecule has 31 heavy (non-hydrogen) atoms. The lowest BCUT2D eigenvalue weighted by Crippen LogP contribution is -2.35. The van der Waals surface area contributed by atoms with Gasteiger partial charge in [0.1, 0.15) is 5.82 Å². The Hall–Kier alpha value is -2.64. The number of hydrogen-bond donors (Lipinski definition) is 2. The molecule has 0 bridgehead atoms. The molecule has 1 aliphatic rings. The van der Waals surface area contributed by atoms with Gasteiger partial charge in [0, 0.05) is 29.1 Å². The lowest BCUT2D eigenvalue weighted by molar-refractivity contribution is -0.112. The second kappa shape index (κ2) is 11.1. The number of benzene rings is 2. The molecular weight excluding hydrogens is 413 g/mol. The number of amides is 2. The summed E-state index contributed by atoms with van der Waals surface area (Å²) in [5.41, 5.74) is 1.45. The molecule has 5 nitrogen and oxygen atoms in total. The van der Waals surface area contributed by atoms with Crippen LogP contribution in [0.2, 0.25) is 0 Å². The number of anilines is 1. The van der Waals surface area contributed by atoms with Crippen molar-refractivity contribution >= 4 is 35.3 Å². The number of rotatable bonds is 9. The summed E-state index contributed by atoms with van der Waals surface area (Å²) in [6, 6.07) is 11.6. The van der Waals surface area contributed by atoms with Crippen molar-refractivity contribution in [2.24, 2.45) is 0 Å². The van der Waals surface area contributed by atoms with Gasteiger partial charge in [-0.25, -0.2) is 4.39 Å². The zero-order chi connectivity index (χ0) is 22.2. The molecule has 1 aliphatic heterocycles. The van der Waals surface area contributed by atoms with Crippen LogP contribution in [-0.2, 0) is 4.79 Å². The summed E-state index contributed by atoms with van der Waals surface area (Å²) >= 11 is 1.27. The van der Waals surface area contributed by atoms with Crippen LogP contribution in [0.15, 0.2) is 52.3 Å². The van der Waals surface area contributed by atoms with Crippen molar-refractivity contribution in [1.29, 1.82) is 0 Å². The SMILES string of the molecule is CCCN(CCC)CCNC(=O)c1ccc2c(c1)NC(=O)/C(=C\c1ccccc1F)S2. The van der Waals surface area contributed by atoms with E-state index >= 15 is 0 Å². The summed E-state index contributed by atoms with van der Waals surface area (Å²) in [5.74, 6) is -0.853. The Balaban J connectivity index is 1.65. The monoisotopic (exact) mass is 441 g/mol. The molecule has 7 heteroatoms. The van der Waals surface area contributed by atoms with Gasteiger partial charge in [0.25, 0.3) is 11.8 Å². The highest BCUT2D eigenvalue weighted by molar-refractivity contribution is 8.04. The van der Waals surface area contributed by atoms with E-state index in [9.17, 15) is 14.0 Å². The molecule has 0 atom stereocenters. The highest BCUT2D eigenvalue weighted by Gasteiger charge is 2.22. The Morgan fingerprint density at radius 1 is 1.13 bits per heavy atom. The van der Waals surface area contributed by atoms with Gasteiger partial charge >= 0.3 is 0 Å². The highest BCUT2D eigenvalue weighted by Crippen LogP contribution is 2.39. The number of halogens is 1. The number of carbonyl (C=O) groups excluding carboxylic acids is 2. The molecule has 0 spiro atoms. The normalized spacial score (nSPS) is 14.5. The van der Waals surface area contributed by atoms with Gasteiger partial charge in [0.15, 0.2) is 0 Å². The molecule has 164 valence electrons. The average molecular weight is 442 g/mol. The van der Waals surface area contributed by atoms with E-state index in [1.807, 2.05) is 6.07 Å². The topological polar surface area (TPSA) is 61.4 Å². The van der Waals surface area contributed by atoms with Gasteiger partial charge in [-0.05, 0) is 56.3 Å². The molecule has 2 aromatic carbocycles. The van der Waals surface area contributed by atoms with E-state index < -0.39 is 0 Å². The molecule has 1 heterocycles. The van der Waals surface area contributed by atoms with Gasteiger partial charge in [-0.15, -0.1) is 0 Å². The fraction of sp³-hybridized carbons (Fsp3) is 0.333. The van der Waals surface area contributed by atoms with E-state index in [0.29, 0.717) is 28.3 Å². The first kappa shape index (κ1) is 23.0. The predicted octanol–water partition coefficient (Wildman–Crippen LogP) is 4.76. The van der Waals surface area contributed by atoms with Crippen molar-refractivity contribution in [3.05, 3.63) is 64.3 Å². The van der Waals surface area contributed by atoms with Crippen LogP contribution in [0.3, 0.4) is 0 Å². The Bertz CT molecular complexity index is 971. The summed E-state index contributed by atoms with van der Waals surface area (Å²) in [5, 5.41) is 5.77. The third-order valence-corrected chi connectivity index (χ3v) is 6.02. The third-order valence-electron chi connectivity index (χ3n) is 4.92. The van der Waals surface area contributed by atoms with Gasteiger partial charge in [0.05, 0.1) is 10.6 Å². The second-order valence-corrected chi connectivity index (χ2v) is 8.48. The van der Waals surface area contributed by atoms with E-state index in [1.54, 1.807) is 30.3 Å². The Kier molecular flexibility index (Phi) is 8.26. The molecule has 0 radical (unpaired) electrons. The van der Waals surface area contributed by atoms with E-state index in [0.717, 1.165) is 37.4 Å². The van der Waals surface area contributed by atoms with Crippen molar-refractivity contribution in [3.63, 3.8) is 0 Å². The zero-order valence-corrected chi connectivity index (χ0v) is 18.7. The maximum Gasteiger partial charge on any atom is 0.262 e. The van der Waals surface area contributed by atoms with E-state index in [1.165, 1.54) is 23.9 Å². The third kappa shape index (κ3) is 6.18. The Morgan fingerprint density at radius 2 is 1.87 bits per heavy atom. The van der Waals surface area contributed by atoms with Crippen molar-refractivity contribution in [1.82, 2.24) is 10.2 Å². The summed E-state index contributed by atoms with van der Waals surface area (Å²) < 4.78 is 13.9. The Labute approximate surface area is 187 Å². The predicted molar refractivity (Wildman–Crippen MR) is 125 cm³/mol. The number of nitrogens with zero attached hydrogens (tertiary/aromatic N) is 1. The van der Waals surface area contributed by atoms with Gasteiger partial charge in [-0.2, -0.15) is 0 Å². The maximum atomic E-state index is 13.9. The standard InChI is InChI=1S/C24H28FN3O2S/c1-3-12-28(13-4-2)14-11-26-23(29)18-9-10-21-20(15-18)27-24(30)22(31-21)16-17-7-5-6-8-19(17)25/h5-10,15-16H,3-4,11-14H2,1-2H3,(H,26,29)(H,27,30)/b22-16+. The maximum absolute atomic E-state index is 13.9. The van der Waals surface area contributed by atoms with E-state index in [4.69, 9.17) is 0 Å². The lowest BCUT2D eigenvalue weighted by atomic mass is 10.1. The molecule has 0 saturated heterocycles. The fourth-order valence-electron chi connectivity index (χ4n) is 3.43. The molecule has 3 rings (SSSR count). The van der Waals surface area contributed by atoms with Gasteiger partial charge in [-0.3, -0.25) is 9.59 Å². The average Bonchev–Trinajstić information content (AvgIpc) is 2.75. The van der Waals surface area contributed by atoms with Crippen LogP contribution in [0.1, 0.15) is 42.6 Å². The van der Waals surface area contributed by atoms with Crippen LogP contribution in [0.5, 0.6) is 0 Å². The number of hydrogen-bond acceptors (Lipinski definition) is 4. The molecular formula is C24H28FN3O2S. The zero-order valence-electron chi connectivity index (χ0n) is 17.9. The van der Waals surface area contributed by atoms with Crippen molar-refractivity contribution in [3.8, 4) is 0 Å². The lowest BCUT2D eigenvalue weighted by Gasteiger charge is -2.21. The summed E-state index contributed by atoms with van der Waals surface area (Å²) in [6.45, 7) is 7.74. The van der Waals surface area contributed by atoms with Crippen molar-refractivity contribution < 1.29 is 14.0 Å². The molecule has 2 aromatic rings. The first-order valence-electron chi connectivity index (χ1n) is 10.6. The van der Waals surface area contributed by atoms with Crippen molar-refractivity contribution in [2.75, 3.05) is 31.5 Å². The molecule has 2 N–H and O–H groups in total. The van der Waals surface area contributed by atoms with E-state index in [2.05, 4.69) is 29.4 Å². The highest BCUT2D eigenvalue weighted by atomic mass is 32.2. The Morgan fingerprint density at radius 3 is 2.58 bits per heavy atom. The minimum atomic E-state index is -0.377. The summed E-state index contributed by atoms with van der Waals surface area (Å²) in [7, 11) is 0. The molecule has 2 amide bonds. The molecule has 0 aromatic heterocycles. The van der Waals surface area contributed by atoms with Crippen LogP contribution in [0.25, 0.3) is 6.08 Å². The molecule has 0 aliphatic carbocycles. The second-order valence-electron chi connectivity index (χ2n) is 7.39. The fourth-order valence-corrected chi connectivity index (χ4v) is 4.36. The van der Waals surface area contributed by atoms with Gasteiger partial charge in [-0.1, -0.05) is 43.8 Å². The molecule has 0 saturated carbocycles. The van der Waals surface area contributed by atoms with Gasteiger partial charge in [0.2, 0.25) is 0 Å². The number of fused-ring (bicyclic) bond motifs is 1. The van der Waals surface area contributed by atoms with Crippen LogP contribution in [-0.4, -0.2) is 42.9 Å². The molecule has 0 fully saturated rings. The smallest absolute Gasteiger partial charge is 0.262 e. The van der Waals surface area contributed by atoms with Crippen molar-refractivity contribution in [2.45, 2.75) is 31.6 Å². The number of thioether (sulfide) groups is 1. The summed E-state index contributed by atoms with van der Waals surface area (Å²) in [4.78, 5) is 28.6. The van der Waals surface area contributed by atoms with Crippen LogP contribution in [0.4, 0.5) is 10.1 Å². The quantitative estimate of drug-likeness (QED) is 0.551. The summed E-state index contributed by atoms with van der Waals surface area (Å²) in [6.07, 6.45) is 3.71. The van der Waals surface area contributed by atoms with E-state index in [-0.39, 0.29) is 17.6 Å². The first-order chi connectivity index (χ1) is 15.0. The van der Waals surface area contributed by atoms with Crippen LogP contribution < -0.4 is 10.6 Å². The minimum Gasteiger partial charge on any atom is -0.351 e.